The predicted octanol–water partition coefficient (Wildman–Crippen LogP) is 4.17. The molecule has 1 heterocycles. The van der Waals surface area contributed by atoms with E-state index in [4.69, 9.17) is 0 Å². The van der Waals surface area contributed by atoms with Crippen LogP contribution in [0.15, 0.2) is 48.5 Å². The summed E-state index contributed by atoms with van der Waals surface area (Å²) in [6, 6.07) is 11.5. The quantitative estimate of drug-likeness (QED) is 0.850. The van der Waals surface area contributed by atoms with E-state index in [1.54, 1.807) is 30.3 Å². The fourth-order valence-corrected chi connectivity index (χ4v) is 3.99. The number of hydrogen-bond donors (Lipinski definition) is 1. The predicted molar refractivity (Wildman–Crippen MR) is 98.5 cm³/mol. The van der Waals surface area contributed by atoms with Gasteiger partial charge in [-0.3, -0.25) is 9.59 Å². The Morgan fingerprint density at radius 3 is 2.52 bits per heavy atom. The highest BCUT2D eigenvalue weighted by molar-refractivity contribution is 7.99. The Morgan fingerprint density at radius 1 is 1.15 bits per heavy atom. The maximum Gasteiger partial charge on any atom is 0.416 e. The first-order valence-corrected chi connectivity index (χ1v) is 9.35. The number of carbonyl (C=O) groups excluding carboxylic acids is 2. The van der Waals surface area contributed by atoms with E-state index in [2.05, 4.69) is 5.32 Å². The van der Waals surface area contributed by atoms with E-state index in [1.807, 2.05) is 0 Å². The molecular formula is C19H17F3N2O2S. The molecule has 1 saturated heterocycles. The number of anilines is 1. The third-order valence-electron chi connectivity index (χ3n) is 4.28. The van der Waals surface area contributed by atoms with Crippen LogP contribution in [0.1, 0.15) is 21.5 Å². The fraction of sp³-hybridized carbons (Fsp3) is 0.263. The van der Waals surface area contributed by atoms with E-state index in [0.29, 0.717) is 17.2 Å². The topological polar surface area (TPSA) is 49.4 Å². The van der Waals surface area contributed by atoms with Crippen molar-refractivity contribution < 1.29 is 22.8 Å². The lowest BCUT2D eigenvalue weighted by Gasteiger charge is -2.23. The van der Waals surface area contributed by atoms with Gasteiger partial charge in [0.25, 0.3) is 5.91 Å². The number of alkyl halides is 3. The Morgan fingerprint density at radius 2 is 1.85 bits per heavy atom. The molecule has 0 spiro atoms. The molecule has 1 atom stereocenters. The summed E-state index contributed by atoms with van der Waals surface area (Å²) in [6.45, 7) is 1.36. The molecule has 0 aromatic heterocycles. The van der Waals surface area contributed by atoms with Gasteiger partial charge in [-0.25, -0.2) is 0 Å². The molecule has 1 unspecified atom stereocenters. The highest BCUT2D eigenvalue weighted by Gasteiger charge is 2.36. The van der Waals surface area contributed by atoms with Gasteiger partial charge in [0.05, 0.1) is 11.4 Å². The van der Waals surface area contributed by atoms with Crippen molar-refractivity contribution in [1.29, 1.82) is 0 Å². The number of halogens is 3. The van der Waals surface area contributed by atoms with Crippen LogP contribution in [-0.4, -0.2) is 34.4 Å². The standard InChI is InChI=1S/C19H17F3N2O2S/c1-12-7-8-14(9-15(12)19(20,21)22)23-17(25)16-10-27-11-24(16)18(26)13-5-3-2-4-6-13/h2-9,16H,10-11H2,1H3,(H,23,25). The normalized spacial score (nSPS) is 17.0. The minimum absolute atomic E-state index is 0.0573. The zero-order chi connectivity index (χ0) is 19.6. The molecule has 2 aromatic carbocycles. The second kappa shape index (κ2) is 7.64. The van der Waals surface area contributed by atoms with E-state index in [9.17, 15) is 22.8 Å². The molecule has 142 valence electrons. The lowest BCUT2D eigenvalue weighted by atomic mass is 10.1. The van der Waals surface area contributed by atoms with E-state index in [-0.39, 0.29) is 17.2 Å². The number of nitrogens with one attached hydrogen (secondary N) is 1. The van der Waals surface area contributed by atoms with Crippen LogP contribution in [0.25, 0.3) is 0 Å². The van der Waals surface area contributed by atoms with Crippen LogP contribution in [0.4, 0.5) is 18.9 Å². The Balaban J connectivity index is 1.77. The summed E-state index contributed by atoms with van der Waals surface area (Å²) < 4.78 is 39.2. The molecule has 1 N–H and O–H groups in total. The van der Waals surface area contributed by atoms with Gasteiger partial charge in [0, 0.05) is 17.0 Å². The Kier molecular flexibility index (Phi) is 5.46. The maximum absolute atomic E-state index is 13.1. The van der Waals surface area contributed by atoms with Crippen molar-refractivity contribution in [1.82, 2.24) is 4.90 Å². The number of rotatable bonds is 3. The van der Waals surface area contributed by atoms with Gasteiger partial charge in [0.15, 0.2) is 0 Å². The van der Waals surface area contributed by atoms with E-state index >= 15 is 0 Å². The van der Waals surface area contributed by atoms with Crippen LogP contribution in [-0.2, 0) is 11.0 Å². The van der Waals surface area contributed by atoms with Crippen LogP contribution in [0.5, 0.6) is 0 Å². The van der Waals surface area contributed by atoms with Crippen molar-refractivity contribution in [3.05, 3.63) is 65.2 Å². The minimum atomic E-state index is -4.50. The monoisotopic (exact) mass is 394 g/mol. The van der Waals surface area contributed by atoms with Crippen LogP contribution in [0.2, 0.25) is 0 Å². The third-order valence-corrected chi connectivity index (χ3v) is 5.29. The summed E-state index contributed by atoms with van der Waals surface area (Å²) in [5.74, 6) is -0.0301. The van der Waals surface area contributed by atoms with Crippen molar-refractivity contribution in [3.63, 3.8) is 0 Å². The smallest absolute Gasteiger partial charge is 0.324 e. The van der Waals surface area contributed by atoms with Crippen molar-refractivity contribution in [2.24, 2.45) is 0 Å². The van der Waals surface area contributed by atoms with Gasteiger partial charge in [-0.05, 0) is 36.8 Å². The van der Waals surface area contributed by atoms with Crippen LogP contribution in [0.3, 0.4) is 0 Å². The Bertz CT molecular complexity index is 856. The van der Waals surface area contributed by atoms with E-state index in [1.165, 1.54) is 35.7 Å². The summed E-state index contributed by atoms with van der Waals surface area (Å²) in [7, 11) is 0. The van der Waals surface area contributed by atoms with Gasteiger partial charge in [0.2, 0.25) is 5.91 Å². The molecule has 3 rings (SSSR count). The highest BCUT2D eigenvalue weighted by Crippen LogP contribution is 2.33. The molecule has 8 heteroatoms. The molecule has 0 aliphatic carbocycles. The molecule has 2 aromatic rings. The zero-order valence-electron chi connectivity index (χ0n) is 14.4. The summed E-state index contributed by atoms with van der Waals surface area (Å²) in [5.41, 5.74) is -0.189. The van der Waals surface area contributed by atoms with Crippen molar-refractivity contribution >= 4 is 29.3 Å². The number of aryl methyl sites for hydroxylation is 1. The first-order chi connectivity index (χ1) is 12.8. The number of carbonyl (C=O) groups is 2. The van der Waals surface area contributed by atoms with Gasteiger partial charge in [-0.15, -0.1) is 11.8 Å². The second-order valence-electron chi connectivity index (χ2n) is 6.17. The first kappa shape index (κ1) is 19.3. The Hall–Kier alpha value is -2.48. The second-order valence-corrected chi connectivity index (χ2v) is 7.17. The number of hydrogen-bond acceptors (Lipinski definition) is 3. The molecule has 0 saturated carbocycles. The van der Waals surface area contributed by atoms with Crippen molar-refractivity contribution in [3.8, 4) is 0 Å². The summed E-state index contributed by atoms with van der Waals surface area (Å²) in [4.78, 5) is 26.7. The highest BCUT2D eigenvalue weighted by atomic mass is 32.2. The van der Waals surface area contributed by atoms with Gasteiger partial charge in [0.1, 0.15) is 6.04 Å². The average Bonchev–Trinajstić information content (AvgIpc) is 3.12. The maximum atomic E-state index is 13.1. The van der Waals surface area contributed by atoms with Gasteiger partial charge < -0.3 is 10.2 Å². The number of benzene rings is 2. The van der Waals surface area contributed by atoms with Crippen LogP contribution in [0, 0.1) is 6.92 Å². The number of amides is 2. The summed E-state index contributed by atoms with van der Waals surface area (Å²) >= 11 is 1.43. The van der Waals surface area contributed by atoms with E-state index in [0.717, 1.165) is 6.07 Å². The molecule has 1 aliphatic rings. The Labute approximate surface area is 158 Å². The number of nitrogens with zero attached hydrogens (tertiary/aromatic N) is 1. The fourth-order valence-electron chi connectivity index (χ4n) is 2.84. The largest absolute Gasteiger partial charge is 0.416 e. The molecule has 1 fully saturated rings. The van der Waals surface area contributed by atoms with Crippen molar-refractivity contribution in [2.75, 3.05) is 16.9 Å². The van der Waals surface area contributed by atoms with Gasteiger partial charge in [-0.2, -0.15) is 13.2 Å². The first-order valence-electron chi connectivity index (χ1n) is 8.20. The van der Waals surface area contributed by atoms with E-state index < -0.39 is 23.7 Å². The van der Waals surface area contributed by atoms with Gasteiger partial charge >= 0.3 is 6.18 Å². The minimum Gasteiger partial charge on any atom is -0.324 e. The average molecular weight is 394 g/mol. The van der Waals surface area contributed by atoms with Crippen LogP contribution >= 0.6 is 11.8 Å². The molecule has 2 amide bonds. The molecular weight excluding hydrogens is 377 g/mol. The number of thioether (sulfide) groups is 1. The zero-order valence-corrected chi connectivity index (χ0v) is 15.2. The molecule has 0 radical (unpaired) electrons. The molecule has 27 heavy (non-hydrogen) atoms. The van der Waals surface area contributed by atoms with Gasteiger partial charge in [-0.1, -0.05) is 24.3 Å². The van der Waals surface area contributed by atoms with Crippen molar-refractivity contribution in [2.45, 2.75) is 19.1 Å². The third kappa shape index (κ3) is 4.27. The summed E-state index contributed by atoms with van der Waals surface area (Å²) in [5, 5.41) is 2.51. The van der Waals surface area contributed by atoms with Crippen LogP contribution < -0.4 is 5.32 Å². The lowest BCUT2D eigenvalue weighted by Crippen LogP contribution is -2.44. The SMILES string of the molecule is Cc1ccc(NC(=O)C2CSCN2C(=O)c2ccccc2)cc1C(F)(F)F. The molecule has 4 nitrogen and oxygen atoms in total. The summed E-state index contributed by atoms with van der Waals surface area (Å²) in [6.07, 6.45) is -4.50. The molecule has 1 aliphatic heterocycles. The lowest BCUT2D eigenvalue weighted by molar-refractivity contribution is -0.138. The molecule has 0 bridgehead atoms.